The van der Waals surface area contributed by atoms with E-state index in [1.54, 1.807) is 0 Å². The van der Waals surface area contributed by atoms with Gasteiger partial charge in [0.05, 0.1) is 30.0 Å². The third-order valence-electron chi connectivity index (χ3n) is 4.40. The molecule has 0 unspecified atom stereocenters. The average molecular weight is 346 g/mol. The first-order valence-electron chi connectivity index (χ1n) is 7.35. The maximum absolute atomic E-state index is 12.7. The smallest absolute Gasteiger partial charge is 0.255 e. The Morgan fingerprint density at radius 3 is 2.90 bits per heavy atom. The molecule has 0 saturated carbocycles. The molecule has 1 aromatic heterocycles. The van der Waals surface area contributed by atoms with Crippen molar-refractivity contribution < 1.29 is 4.79 Å². The summed E-state index contributed by atoms with van der Waals surface area (Å²) in [6, 6.07) is 7.63. The number of amides is 1. The van der Waals surface area contributed by atoms with Gasteiger partial charge in [0, 0.05) is 11.0 Å². The van der Waals surface area contributed by atoms with E-state index in [0.29, 0.717) is 6.54 Å². The molecule has 1 aromatic carbocycles. The lowest BCUT2D eigenvalue weighted by atomic mass is 10.1. The van der Waals surface area contributed by atoms with E-state index in [-0.39, 0.29) is 5.91 Å². The topological polar surface area (TPSA) is 38.1 Å². The van der Waals surface area contributed by atoms with Gasteiger partial charge >= 0.3 is 0 Å². The minimum Gasteiger partial charge on any atom is -0.331 e. The zero-order valence-electron chi connectivity index (χ0n) is 11.7. The number of hydrogen-bond acceptors (Lipinski definition) is 2. The van der Waals surface area contributed by atoms with E-state index in [9.17, 15) is 4.79 Å². The Bertz CT molecular complexity index is 722. The number of carbonyl (C=O) groups excluding carboxylic acids is 1. The van der Waals surface area contributed by atoms with Gasteiger partial charge < -0.3 is 4.90 Å². The summed E-state index contributed by atoms with van der Waals surface area (Å²) in [4.78, 5) is 14.7. The molecule has 0 N–H and O–H groups in total. The molecule has 5 heteroatoms. The second kappa shape index (κ2) is 4.98. The van der Waals surface area contributed by atoms with Crippen molar-refractivity contribution >= 4 is 21.8 Å². The minimum absolute atomic E-state index is 0.0988. The van der Waals surface area contributed by atoms with E-state index >= 15 is 0 Å². The molecule has 1 aliphatic carbocycles. The molecule has 4 nitrogen and oxygen atoms in total. The van der Waals surface area contributed by atoms with Crippen LogP contribution >= 0.6 is 15.9 Å². The lowest BCUT2D eigenvalue weighted by Crippen LogP contribution is -2.39. The van der Waals surface area contributed by atoms with Crippen LogP contribution in [-0.4, -0.2) is 27.1 Å². The lowest BCUT2D eigenvalue weighted by Gasteiger charge is -2.28. The monoisotopic (exact) mass is 345 g/mol. The second-order valence-corrected chi connectivity index (χ2v) is 6.51. The van der Waals surface area contributed by atoms with Crippen molar-refractivity contribution in [2.75, 3.05) is 6.54 Å². The SMILES string of the molecule is O=C(c1ccccc1Br)N1CCn2nc3c(c2C1)CCC3. The largest absolute Gasteiger partial charge is 0.331 e. The number of fused-ring (bicyclic) bond motifs is 3. The summed E-state index contributed by atoms with van der Waals surface area (Å²) in [6.45, 7) is 2.22. The highest BCUT2D eigenvalue weighted by atomic mass is 79.9. The molecular formula is C16H16BrN3O. The number of rotatable bonds is 1. The van der Waals surface area contributed by atoms with Gasteiger partial charge in [0.25, 0.3) is 5.91 Å². The second-order valence-electron chi connectivity index (χ2n) is 5.66. The first kappa shape index (κ1) is 13.1. The number of halogens is 1. The fourth-order valence-corrected chi connectivity index (χ4v) is 3.78. The van der Waals surface area contributed by atoms with Gasteiger partial charge in [-0.1, -0.05) is 12.1 Å². The molecule has 0 saturated heterocycles. The summed E-state index contributed by atoms with van der Waals surface area (Å²) in [6.07, 6.45) is 3.40. The van der Waals surface area contributed by atoms with Crippen LogP contribution in [0.2, 0.25) is 0 Å². The Labute approximate surface area is 131 Å². The third kappa shape index (κ3) is 2.11. The van der Waals surface area contributed by atoms with Gasteiger partial charge in [-0.25, -0.2) is 0 Å². The van der Waals surface area contributed by atoms with Crippen LogP contribution in [0.4, 0.5) is 0 Å². The van der Waals surface area contributed by atoms with Gasteiger partial charge in [-0.15, -0.1) is 0 Å². The molecule has 4 rings (SSSR count). The highest BCUT2D eigenvalue weighted by Gasteiger charge is 2.29. The molecule has 21 heavy (non-hydrogen) atoms. The van der Waals surface area contributed by atoms with E-state index in [0.717, 1.165) is 36.0 Å². The molecule has 0 radical (unpaired) electrons. The van der Waals surface area contributed by atoms with Crippen LogP contribution in [0, 0.1) is 0 Å². The first-order valence-corrected chi connectivity index (χ1v) is 8.14. The molecule has 108 valence electrons. The van der Waals surface area contributed by atoms with Crippen molar-refractivity contribution in [1.29, 1.82) is 0 Å². The van der Waals surface area contributed by atoms with Crippen molar-refractivity contribution in [1.82, 2.24) is 14.7 Å². The van der Waals surface area contributed by atoms with Crippen LogP contribution in [0.25, 0.3) is 0 Å². The van der Waals surface area contributed by atoms with Gasteiger partial charge in [0.1, 0.15) is 0 Å². The van der Waals surface area contributed by atoms with E-state index in [4.69, 9.17) is 0 Å². The Morgan fingerprint density at radius 2 is 2.05 bits per heavy atom. The number of carbonyl (C=O) groups is 1. The third-order valence-corrected chi connectivity index (χ3v) is 5.10. The molecule has 0 spiro atoms. The Hall–Kier alpha value is -1.62. The predicted molar refractivity (Wildman–Crippen MR) is 83.1 cm³/mol. The molecule has 0 bridgehead atoms. The van der Waals surface area contributed by atoms with Gasteiger partial charge in [-0.05, 0) is 52.9 Å². The number of benzene rings is 1. The highest BCUT2D eigenvalue weighted by molar-refractivity contribution is 9.10. The first-order chi connectivity index (χ1) is 10.2. The summed E-state index contributed by atoms with van der Waals surface area (Å²) in [5, 5.41) is 4.68. The van der Waals surface area contributed by atoms with Crippen molar-refractivity contribution in [3.05, 3.63) is 51.3 Å². The highest BCUT2D eigenvalue weighted by Crippen LogP contribution is 2.28. The van der Waals surface area contributed by atoms with Crippen LogP contribution in [0.5, 0.6) is 0 Å². The molecule has 1 amide bonds. The van der Waals surface area contributed by atoms with E-state index < -0.39 is 0 Å². The number of aryl methyl sites for hydroxylation is 1. The summed E-state index contributed by atoms with van der Waals surface area (Å²) < 4.78 is 2.97. The summed E-state index contributed by atoms with van der Waals surface area (Å²) in [5.41, 5.74) is 4.62. The molecule has 0 fully saturated rings. The van der Waals surface area contributed by atoms with Crippen LogP contribution in [0.3, 0.4) is 0 Å². The summed E-state index contributed by atoms with van der Waals surface area (Å²) >= 11 is 3.47. The Balaban J connectivity index is 1.64. The fraction of sp³-hybridized carbons (Fsp3) is 0.375. The molecule has 2 heterocycles. The van der Waals surface area contributed by atoms with Gasteiger partial charge in [-0.3, -0.25) is 9.48 Å². The number of aromatic nitrogens is 2. The molecule has 0 atom stereocenters. The molecular weight excluding hydrogens is 330 g/mol. The quantitative estimate of drug-likeness (QED) is 0.796. The van der Waals surface area contributed by atoms with E-state index in [2.05, 4.69) is 25.7 Å². The van der Waals surface area contributed by atoms with Crippen LogP contribution < -0.4 is 0 Å². The minimum atomic E-state index is 0.0988. The fourth-order valence-electron chi connectivity index (χ4n) is 3.33. The normalized spacial score (nSPS) is 16.7. The van der Waals surface area contributed by atoms with Crippen LogP contribution in [0.15, 0.2) is 28.7 Å². The maximum atomic E-state index is 12.7. The van der Waals surface area contributed by atoms with Gasteiger partial charge in [0.2, 0.25) is 0 Å². The van der Waals surface area contributed by atoms with E-state index in [1.165, 1.54) is 23.4 Å². The molecule has 2 aliphatic rings. The van der Waals surface area contributed by atoms with Crippen molar-refractivity contribution in [2.24, 2.45) is 0 Å². The molecule has 2 aromatic rings. The van der Waals surface area contributed by atoms with Crippen molar-refractivity contribution in [3.63, 3.8) is 0 Å². The predicted octanol–water partition coefficient (Wildman–Crippen LogP) is 2.79. The Morgan fingerprint density at radius 1 is 1.19 bits per heavy atom. The van der Waals surface area contributed by atoms with Crippen molar-refractivity contribution in [2.45, 2.75) is 32.4 Å². The van der Waals surface area contributed by atoms with E-state index in [1.807, 2.05) is 29.2 Å². The van der Waals surface area contributed by atoms with Crippen LogP contribution in [0.1, 0.15) is 33.7 Å². The zero-order chi connectivity index (χ0) is 14.4. The number of nitrogens with zero attached hydrogens (tertiary/aromatic N) is 3. The average Bonchev–Trinajstić information content (AvgIpc) is 3.07. The maximum Gasteiger partial charge on any atom is 0.255 e. The van der Waals surface area contributed by atoms with Crippen molar-refractivity contribution in [3.8, 4) is 0 Å². The lowest BCUT2D eigenvalue weighted by molar-refractivity contribution is 0.0704. The summed E-state index contributed by atoms with van der Waals surface area (Å²) in [5.74, 6) is 0.0988. The standard InChI is InChI=1S/C16H16BrN3O/c17-13-6-2-1-4-11(13)16(21)19-8-9-20-15(10-19)12-5-3-7-14(12)18-20/h1-2,4,6H,3,5,7-10H2. The zero-order valence-corrected chi connectivity index (χ0v) is 13.3. The van der Waals surface area contributed by atoms with Gasteiger partial charge in [0.15, 0.2) is 0 Å². The van der Waals surface area contributed by atoms with Crippen LogP contribution in [-0.2, 0) is 25.9 Å². The van der Waals surface area contributed by atoms with Gasteiger partial charge in [-0.2, -0.15) is 5.10 Å². The Kier molecular flexibility index (Phi) is 3.10. The molecule has 1 aliphatic heterocycles. The number of hydrogen-bond donors (Lipinski definition) is 0. The summed E-state index contributed by atoms with van der Waals surface area (Å²) in [7, 11) is 0.